The van der Waals surface area contributed by atoms with E-state index in [9.17, 15) is 18.4 Å². The summed E-state index contributed by atoms with van der Waals surface area (Å²) in [6.07, 6.45) is -3.53. The van der Waals surface area contributed by atoms with Crippen LogP contribution in [-0.4, -0.2) is 32.3 Å². The standard InChI is InChI=1S/C9H12F2O5/c1-14-8(12)3-6(4-9(13)15-2)16-5-7(10)11/h5-6H,3-4H2,1-2H3. The summed E-state index contributed by atoms with van der Waals surface area (Å²) in [5, 5.41) is 0. The van der Waals surface area contributed by atoms with E-state index in [2.05, 4.69) is 14.2 Å². The van der Waals surface area contributed by atoms with Gasteiger partial charge in [0.25, 0.3) is 0 Å². The number of methoxy groups -OCH3 is 2. The van der Waals surface area contributed by atoms with Crippen molar-refractivity contribution >= 4 is 11.9 Å². The van der Waals surface area contributed by atoms with Crippen molar-refractivity contribution in [2.45, 2.75) is 18.9 Å². The second-order valence-corrected chi connectivity index (χ2v) is 2.73. The normalized spacial score (nSPS) is 9.56. The van der Waals surface area contributed by atoms with Crippen LogP contribution in [0.25, 0.3) is 0 Å². The SMILES string of the molecule is COC(=O)CC(CC(=O)OC)OC=C(F)F. The summed E-state index contributed by atoms with van der Waals surface area (Å²) in [7, 11) is 2.28. The lowest BCUT2D eigenvalue weighted by Gasteiger charge is -2.13. The molecule has 0 atom stereocenters. The van der Waals surface area contributed by atoms with Crippen molar-refractivity contribution in [1.29, 1.82) is 0 Å². The Balaban J connectivity index is 4.32. The minimum absolute atomic E-state index is 0.177. The number of rotatable bonds is 6. The Bertz CT molecular complexity index is 255. The first-order valence-corrected chi connectivity index (χ1v) is 4.29. The molecule has 0 radical (unpaired) electrons. The molecule has 0 rings (SSSR count). The number of esters is 2. The number of hydrogen-bond donors (Lipinski definition) is 0. The van der Waals surface area contributed by atoms with Crippen LogP contribution in [0.15, 0.2) is 12.3 Å². The van der Waals surface area contributed by atoms with Crippen LogP contribution in [0.2, 0.25) is 0 Å². The minimum Gasteiger partial charge on any atom is -0.491 e. The van der Waals surface area contributed by atoms with Gasteiger partial charge in [0.1, 0.15) is 12.4 Å². The van der Waals surface area contributed by atoms with E-state index in [1.807, 2.05) is 0 Å². The molecule has 0 saturated carbocycles. The van der Waals surface area contributed by atoms with Crippen LogP contribution >= 0.6 is 0 Å². The van der Waals surface area contributed by atoms with Gasteiger partial charge < -0.3 is 14.2 Å². The summed E-state index contributed by atoms with van der Waals surface area (Å²) in [6.45, 7) is 0. The Morgan fingerprint density at radius 1 is 1.12 bits per heavy atom. The third-order valence-electron chi connectivity index (χ3n) is 1.59. The molecule has 0 saturated heterocycles. The van der Waals surface area contributed by atoms with Crippen molar-refractivity contribution in [3.05, 3.63) is 12.3 Å². The molecule has 0 aliphatic heterocycles. The first-order chi connectivity index (χ1) is 7.49. The van der Waals surface area contributed by atoms with Crippen LogP contribution in [0.4, 0.5) is 8.78 Å². The second kappa shape index (κ2) is 7.61. The van der Waals surface area contributed by atoms with Gasteiger partial charge >= 0.3 is 18.0 Å². The highest BCUT2D eigenvalue weighted by Crippen LogP contribution is 2.09. The molecule has 0 aromatic rings. The van der Waals surface area contributed by atoms with E-state index in [0.717, 1.165) is 14.2 Å². The molecule has 7 heteroatoms. The zero-order valence-corrected chi connectivity index (χ0v) is 8.87. The van der Waals surface area contributed by atoms with Gasteiger partial charge in [0.15, 0.2) is 0 Å². The topological polar surface area (TPSA) is 61.8 Å². The highest BCUT2D eigenvalue weighted by Gasteiger charge is 2.19. The van der Waals surface area contributed by atoms with Gasteiger partial charge in [-0.1, -0.05) is 0 Å². The molecule has 0 aromatic heterocycles. The summed E-state index contributed by atoms with van der Waals surface area (Å²) in [5.41, 5.74) is 0. The van der Waals surface area contributed by atoms with Gasteiger partial charge in [-0.25, -0.2) is 0 Å². The fourth-order valence-electron chi connectivity index (χ4n) is 0.855. The quantitative estimate of drug-likeness (QED) is 0.514. The van der Waals surface area contributed by atoms with Gasteiger partial charge in [0.05, 0.1) is 27.1 Å². The smallest absolute Gasteiger partial charge is 0.309 e. The lowest BCUT2D eigenvalue weighted by molar-refractivity contribution is -0.146. The van der Waals surface area contributed by atoms with E-state index in [4.69, 9.17) is 0 Å². The van der Waals surface area contributed by atoms with Crippen molar-refractivity contribution in [2.24, 2.45) is 0 Å². The zero-order valence-electron chi connectivity index (χ0n) is 8.87. The lowest BCUT2D eigenvalue weighted by Crippen LogP contribution is -2.21. The molecule has 16 heavy (non-hydrogen) atoms. The van der Waals surface area contributed by atoms with Crippen molar-refractivity contribution in [1.82, 2.24) is 0 Å². The van der Waals surface area contributed by atoms with E-state index in [0.29, 0.717) is 0 Å². The maximum Gasteiger partial charge on any atom is 0.309 e. The van der Waals surface area contributed by atoms with Crippen molar-refractivity contribution in [2.75, 3.05) is 14.2 Å². The van der Waals surface area contributed by atoms with E-state index >= 15 is 0 Å². The molecule has 0 heterocycles. The maximum atomic E-state index is 11.7. The summed E-state index contributed by atoms with van der Waals surface area (Å²) in [6, 6.07) is 0. The minimum atomic E-state index is -2.06. The Morgan fingerprint density at radius 2 is 1.56 bits per heavy atom. The number of carbonyl (C=O) groups excluding carboxylic acids is 2. The van der Waals surface area contributed by atoms with Gasteiger partial charge in [0.2, 0.25) is 0 Å². The lowest BCUT2D eigenvalue weighted by atomic mass is 10.2. The van der Waals surface area contributed by atoms with E-state index in [1.165, 1.54) is 0 Å². The van der Waals surface area contributed by atoms with Gasteiger partial charge in [-0.05, 0) is 0 Å². The molecular formula is C9H12F2O5. The van der Waals surface area contributed by atoms with Crippen LogP contribution in [0, 0.1) is 0 Å². The number of hydrogen-bond acceptors (Lipinski definition) is 5. The molecule has 92 valence electrons. The molecule has 0 bridgehead atoms. The fourth-order valence-corrected chi connectivity index (χ4v) is 0.855. The van der Waals surface area contributed by atoms with Crippen LogP contribution in [0.3, 0.4) is 0 Å². The van der Waals surface area contributed by atoms with Gasteiger partial charge in [0, 0.05) is 0 Å². The fraction of sp³-hybridized carbons (Fsp3) is 0.556. The number of halogens is 2. The molecule has 0 aliphatic rings. The van der Waals surface area contributed by atoms with Crippen LogP contribution < -0.4 is 0 Å². The third-order valence-corrected chi connectivity index (χ3v) is 1.59. The number of carbonyl (C=O) groups is 2. The van der Waals surface area contributed by atoms with Gasteiger partial charge in [-0.3, -0.25) is 9.59 Å². The predicted molar refractivity (Wildman–Crippen MR) is 48.4 cm³/mol. The molecular weight excluding hydrogens is 226 g/mol. The predicted octanol–water partition coefficient (Wildman–Crippen LogP) is 1.24. The Labute approximate surface area is 91.0 Å². The highest BCUT2D eigenvalue weighted by molar-refractivity contribution is 5.73. The summed E-state index contributed by atoms with van der Waals surface area (Å²) >= 11 is 0. The van der Waals surface area contributed by atoms with Gasteiger partial charge in [-0.15, -0.1) is 0 Å². The van der Waals surface area contributed by atoms with Gasteiger partial charge in [-0.2, -0.15) is 8.78 Å². The first-order valence-electron chi connectivity index (χ1n) is 4.29. The highest BCUT2D eigenvalue weighted by atomic mass is 19.3. The molecule has 0 amide bonds. The summed E-state index contributed by atoms with van der Waals surface area (Å²) in [5.74, 6) is -1.33. The van der Waals surface area contributed by atoms with E-state index in [-0.39, 0.29) is 19.1 Å². The molecule has 0 fully saturated rings. The first kappa shape index (κ1) is 14.3. The molecule has 5 nitrogen and oxygen atoms in total. The Kier molecular flexibility index (Phi) is 6.82. The van der Waals surface area contributed by atoms with Crippen molar-refractivity contribution < 1.29 is 32.6 Å². The average molecular weight is 238 g/mol. The molecule has 0 N–H and O–H groups in total. The monoisotopic (exact) mass is 238 g/mol. The second-order valence-electron chi connectivity index (χ2n) is 2.73. The summed E-state index contributed by atoms with van der Waals surface area (Å²) < 4.78 is 36.7. The molecule has 0 aliphatic carbocycles. The van der Waals surface area contributed by atoms with Crippen molar-refractivity contribution in [3.63, 3.8) is 0 Å². The third kappa shape index (κ3) is 6.74. The number of ether oxygens (including phenoxy) is 3. The average Bonchev–Trinajstić information content (AvgIpc) is 2.25. The molecule has 0 aromatic carbocycles. The van der Waals surface area contributed by atoms with Crippen LogP contribution in [-0.2, 0) is 23.8 Å². The largest absolute Gasteiger partial charge is 0.491 e. The Hall–Kier alpha value is -1.66. The van der Waals surface area contributed by atoms with Crippen LogP contribution in [0.5, 0.6) is 0 Å². The molecule has 0 spiro atoms. The zero-order chi connectivity index (χ0) is 12.6. The van der Waals surface area contributed by atoms with E-state index < -0.39 is 24.1 Å². The van der Waals surface area contributed by atoms with E-state index in [1.54, 1.807) is 0 Å². The molecule has 0 unspecified atom stereocenters. The summed E-state index contributed by atoms with van der Waals surface area (Å²) in [4.78, 5) is 21.7. The maximum absolute atomic E-state index is 11.7. The van der Waals surface area contributed by atoms with Crippen LogP contribution in [0.1, 0.15) is 12.8 Å². The Morgan fingerprint density at radius 3 is 1.88 bits per heavy atom. The van der Waals surface area contributed by atoms with Crippen molar-refractivity contribution in [3.8, 4) is 0 Å².